The highest BCUT2D eigenvalue weighted by Gasteiger charge is 2.23. The normalized spacial score (nSPS) is 11.8. The Morgan fingerprint density at radius 1 is 0.275 bits per heavy atom. The second-order valence-corrected chi connectivity index (χ2v) is 18.5. The van der Waals surface area contributed by atoms with E-state index in [-0.39, 0.29) is 0 Å². The van der Waals surface area contributed by atoms with E-state index >= 15 is 0 Å². The first-order chi connectivity index (χ1) is 34.2. The Morgan fingerprint density at radius 2 is 0.667 bits per heavy atom. The Kier molecular flexibility index (Phi) is 9.00. The summed E-state index contributed by atoms with van der Waals surface area (Å²) in [5.74, 6) is 1.84. The third-order valence-electron chi connectivity index (χ3n) is 13.6. The van der Waals surface area contributed by atoms with E-state index in [0.29, 0.717) is 17.5 Å². The predicted octanol–water partition coefficient (Wildman–Crippen LogP) is 16.8. The molecule has 0 spiro atoms. The van der Waals surface area contributed by atoms with Gasteiger partial charge in [0.2, 0.25) is 0 Å². The van der Waals surface area contributed by atoms with Gasteiger partial charge in [0, 0.05) is 60.4 Å². The van der Waals surface area contributed by atoms with Gasteiger partial charge in [-0.1, -0.05) is 200 Å². The maximum Gasteiger partial charge on any atom is 0.164 e. The van der Waals surface area contributed by atoms with Crippen LogP contribution in [0.3, 0.4) is 0 Å². The van der Waals surface area contributed by atoms with E-state index in [1.54, 1.807) is 0 Å². The van der Waals surface area contributed by atoms with Gasteiger partial charge in [0.25, 0.3) is 0 Å². The number of nitrogens with zero attached hydrogens (tertiary/aromatic N) is 5. The van der Waals surface area contributed by atoms with Gasteiger partial charge < -0.3 is 9.13 Å². The lowest BCUT2D eigenvalue weighted by Gasteiger charge is -2.14. The van der Waals surface area contributed by atoms with Crippen LogP contribution in [0.25, 0.3) is 132 Å². The van der Waals surface area contributed by atoms with Crippen LogP contribution in [0.4, 0.5) is 0 Å². The minimum atomic E-state index is 0.603. The predicted molar refractivity (Wildman–Crippen MR) is 289 cm³/mol. The van der Waals surface area contributed by atoms with Gasteiger partial charge in [-0.05, 0) is 58.7 Å². The van der Waals surface area contributed by atoms with Crippen molar-refractivity contribution in [1.29, 1.82) is 0 Å². The molecule has 6 heteroatoms. The Hall–Kier alpha value is -8.97. The molecule has 5 nitrogen and oxygen atoms in total. The fourth-order valence-corrected chi connectivity index (χ4v) is 11.9. The van der Waals surface area contributed by atoms with E-state index in [2.05, 4.69) is 234 Å². The highest BCUT2D eigenvalue weighted by atomic mass is 32.1. The van der Waals surface area contributed by atoms with E-state index in [0.717, 1.165) is 55.8 Å². The molecule has 0 saturated heterocycles. The van der Waals surface area contributed by atoms with Crippen molar-refractivity contribution in [2.24, 2.45) is 0 Å². The highest BCUT2D eigenvalue weighted by Crippen LogP contribution is 2.47. The smallest absolute Gasteiger partial charge is 0.164 e. The van der Waals surface area contributed by atoms with Crippen LogP contribution >= 0.6 is 11.3 Å². The fraction of sp³-hybridized carbons (Fsp3) is 0. The van der Waals surface area contributed by atoms with Crippen molar-refractivity contribution in [3.05, 3.63) is 237 Å². The molecule has 4 heterocycles. The van der Waals surface area contributed by atoms with E-state index in [4.69, 9.17) is 15.0 Å². The molecule has 0 unspecified atom stereocenters. The molecule has 14 aromatic rings. The molecular weight excluding hydrogens is 859 g/mol. The minimum absolute atomic E-state index is 0.603. The van der Waals surface area contributed by atoms with Crippen molar-refractivity contribution in [2.45, 2.75) is 0 Å². The summed E-state index contributed by atoms with van der Waals surface area (Å²) in [6, 6.07) is 84.1. The summed E-state index contributed by atoms with van der Waals surface area (Å²) >= 11 is 1.89. The molecule has 69 heavy (non-hydrogen) atoms. The maximum atomic E-state index is 5.36. The molecule has 0 bridgehead atoms. The van der Waals surface area contributed by atoms with Gasteiger partial charge in [0.1, 0.15) is 0 Å². The van der Waals surface area contributed by atoms with Crippen LogP contribution in [0.2, 0.25) is 0 Å². The van der Waals surface area contributed by atoms with Gasteiger partial charge >= 0.3 is 0 Å². The molecule has 0 atom stereocenters. The quantitative estimate of drug-likeness (QED) is 0.160. The van der Waals surface area contributed by atoms with Gasteiger partial charge in [-0.2, -0.15) is 0 Å². The molecule has 4 aromatic heterocycles. The Bertz CT molecular complexity index is 4200. The number of benzene rings is 10. The number of hydrogen-bond acceptors (Lipinski definition) is 4. The standard InChI is InChI=1S/C63H39N5S/c1-4-19-40(20-5-1)45-27-10-12-31-53(45)62-64-61(65-63(66-62)54-32-13-11-28-46(54)41-21-6-2-7-22-41)42-23-18-26-44(39-42)68-56-34-17-15-30-48(56)50-36-38-52-51-37-35-49-47-29-14-16-33-55(47)67(43-24-8-3-9-25-43)57(49)59(51)69-60(52)58(50)68/h1-39H. The van der Waals surface area contributed by atoms with Crippen LogP contribution in [0.15, 0.2) is 237 Å². The summed E-state index contributed by atoms with van der Waals surface area (Å²) in [4.78, 5) is 16.0. The third-order valence-corrected chi connectivity index (χ3v) is 14.8. The average molecular weight is 898 g/mol. The van der Waals surface area contributed by atoms with Crippen molar-refractivity contribution >= 4 is 75.1 Å². The van der Waals surface area contributed by atoms with Crippen LogP contribution in [-0.4, -0.2) is 24.1 Å². The lowest BCUT2D eigenvalue weighted by molar-refractivity contribution is 1.07. The number of para-hydroxylation sites is 3. The molecule has 0 aliphatic heterocycles. The first-order valence-electron chi connectivity index (χ1n) is 23.3. The summed E-state index contributed by atoms with van der Waals surface area (Å²) < 4.78 is 7.43. The number of fused-ring (bicyclic) bond motifs is 11. The van der Waals surface area contributed by atoms with Crippen molar-refractivity contribution in [1.82, 2.24) is 24.1 Å². The second-order valence-electron chi connectivity index (χ2n) is 17.5. The Morgan fingerprint density at radius 3 is 1.20 bits per heavy atom. The Balaban J connectivity index is 1.01. The van der Waals surface area contributed by atoms with Gasteiger partial charge in [0.05, 0.1) is 31.5 Å². The molecule has 0 N–H and O–H groups in total. The van der Waals surface area contributed by atoms with Crippen LogP contribution < -0.4 is 0 Å². The van der Waals surface area contributed by atoms with E-state index < -0.39 is 0 Å². The summed E-state index contributed by atoms with van der Waals surface area (Å²) in [7, 11) is 0. The average Bonchev–Trinajstić information content (AvgIpc) is 4.10. The number of thiophene rings is 1. The molecule has 322 valence electrons. The molecule has 0 aliphatic rings. The molecule has 0 saturated carbocycles. The van der Waals surface area contributed by atoms with Crippen molar-refractivity contribution in [3.8, 4) is 67.8 Å². The summed E-state index contributed by atoms with van der Waals surface area (Å²) in [6.07, 6.45) is 0. The zero-order valence-electron chi connectivity index (χ0n) is 37.2. The van der Waals surface area contributed by atoms with Crippen molar-refractivity contribution in [2.75, 3.05) is 0 Å². The van der Waals surface area contributed by atoms with Crippen molar-refractivity contribution < 1.29 is 0 Å². The number of hydrogen-bond donors (Lipinski definition) is 0. The zero-order chi connectivity index (χ0) is 45.4. The number of aromatic nitrogens is 5. The van der Waals surface area contributed by atoms with E-state index in [1.807, 2.05) is 23.5 Å². The van der Waals surface area contributed by atoms with Gasteiger partial charge in [-0.25, -0.2) is 15.0 Å². The van der Waals surface area contributed by atoms with Crippen LogP contribution in [-0.2, 0) is 0 Å². The first-order valence-corrected chi connectivity index (χ1v) is 24.1. The molecular formula is C63H39N5S. The highest BCUT2D eigenvalue weighted by molar-refractivity contribution is 7.27. The minimum Gasteiger partial charge on any atom is -0.308 e. The van der Waals surface area contributed by atoms with Crippen LogP contribution in [0, 0.1) is 0 Å². The largest absolute Gasteiger partial charge is 0.308 e. The summed E-state index contributed by atoms with van der Waals surface area (Å²) in [5.41, 5.74) is 14.1. The number of rotatable bonds is 7. The molecule has 0 fully saturated rings. The maximum absolute atomic E-state index is 5.36. The van der Waals surface area contributed by atoms with Crippen molar-refractivity contribution in [3.63, 3.8) is 0 Å². The zero-order valence-corrected chi connectivity index (χ0v) is 38.0. The third kappa shape index (κ3) is 6.27. The summed E-state index contributed by atoms with van der Waals surface area (Å²) in [6.45, 7) is 0. The molecule has 0 amide bonds. The lowest BCUT2D eigenvalue weighted by Crippen LogP contribution is -2.02. The monoisotopic (exact) mass is 897 g/mol. The van der Waals surface area contributed by atoms with Gasteiger partial charge in [-0.3, -0.25) is 0 Å². The first kappa shape index (κ1) is 39.2. The molecule has 10 aromatic carbocycles. The molecule has 0 radical (unpaired) electrons. The topological polar surface area (TPSA) is 48.5 Å². The SMILES string of the molecule is c1ccc(-c2ccccc2-c2nc(-c3cccc(-n4c5ccccc5c5ccc6c7ccc8c9ccccc9n(-c9ccccc9)c8c7sc6c54)c3)nc(-c3ccccc3-c3ccccc3)n2)cc1. The fourth-order valence-electron chi connectivity index (χ4n) is 10.5. The van der Waals surface area contributed by atoms with Gasteiger partial charge in [-0.15, -0.1) is 11.3 Å². The van der Waals surface area contributed by atoms with E-state index in [1.165, 1.54) is 58.3 Å². The van der Waals surface area contributed by atoms with Gasteiger partial charge in [0.15, 0.2) is 17.5 Å². The van der Waals surface area contributed by atoms with E-state index in [9.17, 15) is 0 Å². The van der Waals surface area contributed by atoms with Crippen LogP contribution in [0.5, 0.6) is 0 Å². The molecule has 14 rings (SSSR count). The summed E-state index contributed by atoms with van der Waals surface area (Å²) in [5, 5.41) is 7.44. The molecule has 0 aliphatic carbocycles. The van der Waals surface area contributed by atoms with Crippen LogP contribution in [0.1, 0.15) is 0 Å². The Labute approximate surface area is 401 Å². The lowest BCUT2D eigenvalue weighted by atomic mass is 9.98. The second kappa shape index (κ2) is 15.8.